The van der Waals surface area contributed by atoms with Crippen LogP contribution in [0.2, 0.25) is 0 Å². The molecule has 0 spiro atoms. The summed E-state index contributed by atoms with van der Waals surface area (Å²) in [6.45, 7) is 2.40. The van der Waals surface area contributed by atoms with Crippen molar-refractivity contribution in [3.05, 3.63) is 0 Å². The number of piperazine rings is 1. The molecule has 3 heterocycles. The van der Waals surface area contributed by atoms with Crippen molar-refractivity contribution in [2.45, 2.75) is 31.3 Å². The van der Waals surface area contributed by atoms with Crippen LogP contribution in [0.15, 0.2) is 0 Å². The molecule has 52 valence electrons. The molecular formula is C7H14N2. The van der Waals surface area contributed by atoms with Crippen LogP contribution in [0.5, 0.6) is 0 Å². The van der Waals surface area contributed by atoms with Gasteiger partial charge in [-0.15, -0.1) is 0 Å². The van der Waals surface area contributed by atoms with Gasteiger partial charge in [-0.25, -0.2) is 0 Å². The maximum Gasteiger partial charge on any atom is 0.0193 e. The Morgan fingerprint density at radius 1 is 0.889 bits per heavy atom. The summed E-state index contributed by atoms with van der Waals surface area (Å²) in [7, 11) is 0. The molecule has 2 heteroatoms. The SMILES string of the molecule is C1CC2CNC(C1)CN2. The van der Waals surface area contributed by atoms with E-state index in [2.05, 4.69) is 10.6 Å². The van der Waals surface area contributed by atoms with E-state index >= 15 is 0 Å². The second-order valence-corrected chi connectivity index (χ2v) is 3.14. The van der Waals surface area contributed by atoms with Gasteiger partial charge in [-0.05, 0) is 12.8 Å². The minimum absolute atomic E-state index is 0.781. The van der Waals surface area contributed by atoms with E-state index in [0.717, 1.165) is 12.1 Å². The summed E-state index contributed by atoms with van der Waals surface area (Å²) in [4.78, 5) is 0. The molecule has 9 heavy (non-hydrogen) atoms. The molecule has 3 aliphatic rings. The lowest BCUT2D eigenvalue weighted by atomic mass is 10.1. The fraction of sp³-hybridized carbons (Fsp3) is 1.00. The lowest BCUT2D eigenvalue weighted by molar-refractivity contribution is 0.376. The predicted octanol–water partition coefficient (Wildman–Crippen LogP) is 0.100. The van der Waals surface area contributed by atoms with E-state index in [1.165, 1.54) is 32.4 Å². The van der Waals surface area contributed by atoms with Gasteiger partial charge in [0.1, 0.15) is 0 Å². The summed E-state index contributed by atoms with van der Waals surface area (Å²) in [5.41, 5.74) is 0. The Balaban J connectivity index is 2.03. The minimum Gasteiger partial charge on any atom is -0.311 e. The first kappa shape index (κ1) is 5.69. The first-order chi connectivity index (χ1) is 4.45. The molecule has 0 aromatic rings. The largest absolute Gasteiger partial charge is 0.311 e. The predicted molar refractivity (Wildman–Crippen MR) is 37.4 cm³/mol. The van der Waals surface area contributed by atoms with Crippen LogP contribution in [-0.4, -0.2) is 25.2 Å². The number of hydrogen-bond donors (Lipinski definition) is 2. The summed E-state index contributed by atoms with van der Waals surface area (Å²) >= 11 is 0. The maximum absolute atomic E-state index is 3.52. The molecule has 3 aliphatic heterocycles. The lowest BCUT2D eigenvalue weighted by Gasteiger charge is -2.25. The Bertz CT molecular complexity index is 77.6. The molecule has 0 aliphatic carbocycles. The fourth-order valence-electron chi connectivity index (χ4n) is 1.78. The zero-order valence-electron chi connectivity index (χ0n) is 5.69. The molecule has 3 rings (SSSR count). The number of fused-ring (bicyclic) bond motifs is 4. The fourth-order valence-corrected chi connectivity index (χ4v) is 1.78. The molecule has 0 amide bonds. The molecule has 0 saturated carbocycles. The first-order valence-electron chi connectivity index (χ1n) is 3.92. The molecule has 0 radical (unpaired) electrons. The van der Waals surface area contributed by atoms with Gasteiger partial charge in [-0.1, -0.05) is 6.42 Å². The Morgan fingerprint density at radius 3 is 1.89 bits per heavy atom. The molecule has 2 unspecified atom stereocenters. The molecular weight excluding hydrogens is 112 g/mol. The van der Waals surface area contributed by atoms with Gasteiger partial charge in [0.2, 0.25) is 0 Å². The number of hydrogen-bond acceptors (Lipinski definition) is 2. The van der Waals surface area contributed by atoms with E-state index in [-0.39, 0.29) is 0 Å². The third kappa shape index (κ3) is 1.10. The van der Waals surface area contributed by atoms with Gasteiger partial charge < -0.3 is 10.6 Å². The average Bonchev–Trinajstić information content (AvgIpc) is 2.21. The van der Waals surface area contributed by atoms with Crippen molar-refractivity contribution in [2.75, 3.05) is 13.1 Å². The van der Waals surface area contributed by atoms with Crippen molar-refractivity contribution in [2.24, 2.45) is 0 Å². The van der Waals surface area contributed by atoms with Crippen LogP contribution in [0.25, 0.3) is 0 Å². The Hall–Kier alpha value is -0.0800. The second-order valence-electron chi connectivity index (χ2n) is 3.14. The standard InChI is InChI=1S/C7H14N2/c1-2-6-4-9-7(3-1)5-8-6/h6-9H,1-5H2. The lowest BCUT2D eigenvalue weighted by Crippen LogP contribution is -2.51. The zero-order chi connectivity index (χ0) is 6.10. The summed E-state index contributed by atoms with van der Waals surface area (Å²) in [5.74, 6) is 0. The van der Waals surface area contributed by atoms with Gasteiger partial charge in [-0.3, -0.25) is 0 Å². The van der Waals surface area contributed by atoms with E-state index in [1.54, 1.807) is 0 Å². The topological polar surface area (TPSA) is 24.1 Å². The molecule has 3 fully saturated rings. The van der Waals surface area contributed by atoms with Crippen LogP contribution in [-0.2, 0) is 0 Å². The van der Waals surface area contributed by atoms with Crippen LogP contribution in [0.4, 0.5) is 0 Å². The van der Waals surface area contributed by atoms with Crippen LogP contribution in [0.3, 0.4) is 0 Å². The van der Waals surface area contributed by atoms with Gasteiger partial charge >= 0.3 is 0 Å². The van der Waals surface area contributed by atoms with E-state index in [0.29, 0.717) is 0 Å². The summed E-state index contributed by atoms with van der Waals surface area (Å²) in [6, 6.07) is 1.56. The average molecular weight is 126 g/mol. The first-order valence-corrected chi connectivity index (χ1v) is 3.92. The van der Waals surface area contributed by atoms with Gasteiger partial charge in [0.25, 0.3) is 0 Å². The van der Waals surface area contributed by atoms with Crippen molar-refractivity contribution in [1.29, 1.82) is 0 Å². The Labute approximate surface area is 56.0 Å². The minimum atomic E-state index is 0.781. The van der Waals surface area contributed by atoms with Crippen molar-refractivity contribution in [3.8, 4) is 0 Å². The van der Waals surface area contributed by atoms with E-state index < -0.39 is 0 Å². The van der Waals surface area contributed by atoms with Crippen LogP contribution in [0, 0.1) is 0 Å². The summed E-state index contributed by atoms with van der Waals surface area (Å²) < 4.78 is 0. The second kappa shape index (κ2) is 2.27. The van der Waals surface area contributed by atoms with Gasteiger partial charge in [0, 0.05) is 25.2 Å². The molecule has 3 saturated heterocycles. The highest BCUT2D eigenvalue weighted by Gasteiger charge is 2.22. The smallest absolute Gasteiger partial charge is 0.0193 e. The Kier molecular flexibility index (Phi) is 1.44. The summed E-state index contributed by atoms with van der Waals surface area (Å²) in [5, 5.41) is 7.04. The highest BCUT2D eigenvalue weighted by molar-refractivity contribution is 4.86. The number of nitrogens with one attached hydrogen (secondary N) is 2. The normalized spacial score (nSPS) is 42.7. The van der Waals surface area contributed by atoms with E-state index in [1.807, 2.05) is 0 Å². The number of rotatable bonds is 0. The molecule has 0 aromatic carbocycles. The molecule has 2 N–H and O–H groups in total. The molecule has 2 nitrogen and oxygen atoms in total. The monoisotopic (exact) mass is 126 g/mol. The van der Waals surface area contributed by atoms with Crippen LogP contribution >= 0.6 is 0 Å². The summed E-state index contributed by atoms with van der Waals surface area (Å²) in [6.07, 6.45) is 4.17. The van der Waals surface area contributed by atoms with Gasteiger partial charge in [-0.2, -0.15) is 0 Å². The third-order valence-corrected chi connectivity index (χ3v) is 2.41. The highest BCUT2D eigenvalue weighted by atomic mass is 15.1. The maximum atomic E-state index is 3.52. The highest BCUT2D eigenvalue weighted by Crippen LogP contribution is 2.12. The van der Waals surface area contributed by atoms with Crippen LogP contribution < -0.4 is 10.6 Å². The molecule has 0 aromatic heterocycles. The third-order valence-electron chi connectivity index (χ3n) is 2.41. The van der Waals surface area contributed by atoms with E-state index in [9.17, 15) is 0 Å². The molecule has 2 bridgehead atoms. The van der Waals surface area contributed by atoms with Crippen LogP contribution in [0.1, 0.15) is 19.3 Å². The van der Waals surface area contributed by atoms with Crippen molar-refractivity contribution in [1.82, 2.24) is 10.6 Å². The molecule has 2 atom stereocenters. The Morgan fingerprint density at radius 2 is 1.44 bits per heavy atom. The quantitative estimate of drug-likeness (QED) is 0.481. The zero-order valence-corrected chi connectivity index (χ0v) is 5.69. The van der Waals surface area contributed by atoms with Crippen molar-refractivity contribution >= 4 is 0 Å². The van der Waals surface area contributed by atoms with Crippen molar-refractivity contribution in [3.63, 3.8) is 0 Å². The van der Waals surface area contributed by atoms with E-state index in [4.69, 9.17) is 0 Å². The van der Waals surface area contributed by atoms with Crippen molar-refractivity contribution < 1.29 is 0 Å². The van der Waals surface area contributed by atoms with Gasteiger partial charge in [0.15, 0.2) is 0 Å². The van der Waals surface area contributed by atoms with Gasteiger partial charge in [0.05, 0.1) is 0 Å².